The lowest BCUT2D eigenvalue weighted by molar-refractivity contribution is 0.0998. The molecule has 0 N–H and O–H groups in total. The van der Waals surface area contributed by atoms with Crippen LogP contribution in [0.3, 0.4) is 0 Å². The van der Waals surface area contributed by atoms with Crippen LogP contribution in [0.1, 0.15) is 32.7 Å². The molecule has 2 nitrogen and oxygen atoms in total. The van der Waals surface area contributed by atoms with Crippen molar-refractivity contribution < 1.29 is 9.59 Å². The molecule has 3 aromatic rings. The molecule has 0 bridgehead atoms. The Morgan fingerprint density at radius 2 is 1.23 bits per heavy atom. The lowest BCUT2D eigenvalue weighted by atomic mass is 9.95. The first-order valence-corrected chi connectivity index (χ1v) is 9.07. The Kier molecular flexibility index (Phi) is 5.92. The van der Waals surface area contributed by atoms with Gasteiger partial charge in [0.05, 0.1) is 0 Å². The maximum atomic E-state index is 12.7. The zero-order chi connectivity index (χ0) is 18.4. The minimum Gasteiger partial charge on any atom is -0.294 e. The fraction of sp³-hybridized carbons (Fsp3) is 0.0435. The molecular formula is C23H17BrO2. The van der Waals surface area contributed by atoms with E-state index in [1.165, 1.54) is 0 Å². The van der Waals surface area contributed by atoms with Gasteiger partial charge in [-0.2, -0.15) is 0 Å². The molecular weight excluding hydrogens is 388 g/mol. The van der Waals surface area contributed by atoms with Crippen molar-refractivity contribution in [2.24, 2.45) is 0 Å². The van der Waals surface area contributed by atoms with E-state index >= 15 is 0 Å². The summed E-state index contributed by atoms with van der Waals surface area (Å²) in [6.45, 7) is 0. The molecule has 0 atom stereocenters. The van der Waals surface area contributed by atoms with Gasteiger partial charge in [-0.1, -0.05) is 76.6 Å². The zero-order valence-corrected chi connectivity index (χ0v) is 15.6. The fourth-order valence-corrected chi connectivity index (χ4v) is 2.91. The van der Waals surface area contributed by atoms with Crippen LogP contribution in [0.5, 0.6) is 0 Å². The summed E-state index contributed by atoms with van der Waals surface area (Å²) in [5.74, 6) is -0.124. The molecule has 0 heterocycles. The van der Waals surface area contributed by atoms with Crippen LogP contribution >= 0.6 is 15.9 Å². The second-order valence-electron chi connectivity index (χ2n) is 5.87. The van der Waals surface area contributed by atoms with Gasteiger partial charge >= 0.3 is 0 Å². The van der Waals surface area contributed by atoms with Gasteiger partial charge in [0.1, 0.15) is 0 Å². The van der Waals surface area contributed by atoms with E-state index in [9.17, 15) is 9.59 Å². The summed E-state index contributed by atoms with van der Waals surface area (Å²) >= 11 is 3.37. The van der Waals surface area contributed by atoms with E-state index < -0.39 is 0 Å². The van der Waals surface area contributed by atoms with Gasteiger partial charge in [-0.25, -0.2) is 0 Å². The van der Waals surface area contributed by atoms with Crippen LogP contribution in [0, 0.1) is 0 Å². The molecule has 0 fully saturated rings. The number of allylic oxidation sites excluding steroid dienone is 2. The minimum atomic E-state index is -0.114. The van der Waals surface area contributed by atoms with Crippen molar-refractivity contribution in [3.8, 4) is 0 Å². The van der Waals surface area contributed by atoms with Crippen molar-refractivity contribution in [1.82, 2.24) is 0 Å². The van der Waals surface area contributed by atoms with Crippen molar-refractivity contribution in [3.63, 3.8) is 0 Å². The zero-order valence-electron chi connectivity index (χ0n) is 14.1. The molecule has 3 heteroatoms. The van der Waals surface area contributed by atoms with Crippen LogP contribution in [0.15, 0.2) is 95.5 Å². The van der Waals surface area contributed by atoms with Crippen LogP contribution in [-0.4, -0.2) is 11.6 Å². The fourth-order valence-electron chi connectivity index (χ4n) is 2.64. The van der Waals surface area contributed by atoms with Crippen LogP contribution in [0.4, 0.5) is 0 Å². The Morgan fingerprint density at radius 3 is 1.81 bits per heavy atom. The summed E-state index contributed by atoms with van der Waals surface area (Å²) in [5.41, 5.74) is 2.83. The number of hydrogen-bond donors (Lipinski definition) is 0. The van der Waals surface area contributed by atoms with Gasteiger partial charge in [0.2, 0.25) is 0 Å². The van der Waals surface area contributed by atoms with Gasteiger partial charge in [0, 0.05) is 22.0 Å². The average molecular weight is 405 g/mol. The van der Waals surface area contributed by atoms with Crippen LogP contribution in [0.25, 0.3) is 5.57 Å². The molecule has 128 valence electrons. The summed E-state index contributed by atoms with van der Waals surface area (Å²) < 4.78 is 0.917. The maximum Gasteiger partial charge on any atom is 0.186 e. The first-order valence-electron chi connectivity index (χ1n) is 8.27. The van der Waals surface area contributed by atoms with Gasteiger partial charge in [0.25, 0.3) is 0 Å². The van der Waals surface area contributed by atoms with E-state index in [1.807, 2.05) is 60.7 Å². The Balaban J connectivity index is 1.92. The number of halogens is 1. The van der Waals surface area contributed by atoms with Crippen molar-refractivity contribution in [2.75, 3.05) is 0 Å². The summed E-state index contributed by atoms with van der Waals surface area (Å²) in [5, 5.41) is 0. The van der Waals surface area contributed by atoms with E-state index in [4.69, 9.17) is 0 Å². The maximum absolute atomic E-state index is 12.7. The molecule has 0 aliphatic rings. The molecule has 0 radical (unpaired) electrons. The third-order valence-electron chi connectivity index (χ3n) is 4.03. The molecule has 0 aromatic heterocycles. The minimum absolute atomic E-state index is 0.00990. The number of Topliss-reactive ketones (excluding diaryl/α,β-unsaturated/α-hetero) is 1. The highest BCUT2D eigenvalue weighted by molar-refractivity contribution is 9.10. The number of carbonyl (C=O) groups excluding carboxylic acids is 2. The van der Waals surface area contributed by atoms with Gasteiger partial charge in [-0.05, 0) is 41.5 Å². The second kappa shape index (κ2) is 8.54. The topological polar surface area (TPSA) is 34.1 Å². The Hall–Kier alpha value is -2.78. The second-order valence-corrected chi connectivity index (χ2v) is 6.79. The Bertz CT molecular complexity index is 927. The van der Waals surface area contributed by atoms with E-state index in [0.29, 0.717) is 16.7 Å². The molecule has 0 unspecified atom stereocenters. The van der Waals surface area contributed by atoms with Gasteiger partial charge < -0.3 is 0 Å². The SMILES string of the molecule is O=C(/C=C(\CC(=O)c1ccccc1)c1ccccc1)c1ccc(Br)cc1. The largest absolute Gasteiger partial charge is 0.294 e. The van der Waals surface area contributed by atoms with Gasteiger partial charge in [-0.3, -0.25) is 9.59 Å². The molecule has 0 saturated heterocycles. The molecule has 0 saturated carbocycles. The summed E-state index contributed by atoms with van der Waals surface area (Å²) in [4.78, 5) is 25.3. The quantitative estimate of drug-likeness (QED) is 0.373. The Labute approximate surface area is 161 Å². The summed E-state index contributed by atoms with van der Waals surface area (Å²) in [6.07, 6.45) is 1.75. The Morgan fingerprint density at radius 1 is 0.692 bits per heavy atom. The van der Waals surface area contributed by atoms with Crippen molar-refractivity contribution in [2.45, 2.75) is 6.42 Å². The van der Waals surface area contributed by atoms with E-state index in [-0.39, 0.29) is 18.0 Å². The number of ketones is 2. The highest BCUT2D eigenvalue weighted by atomic mass is 79.9. The molecule has 3 aromatic carbocycles. The van der Waals surface area contributed by atoms with Crippen LogP contribution < -0.4 is 0 Å². The lowest BCUT2D eigenvalue weighted by Gasteiger charge is -2.08. The molecule has 0 spiro atoms. The number of benzene rings is 3. The highest BCUT2D eigenvalue weighted by Crippen LogP contribution is 2.22. The molecule has 0 amide bonds. The standard InChI is InChI=1S/C23H17BrO2/c24-21-13-11-19(12-14-21)23(26)16-20(17-7-3-1-4-8-17)15-22(25)18-9-5-2-6-10-18/h1-14,16H,15H2/b20-16+. The smallest absolute Gasteiger partial charge is 0.186 e. The number of rotatable bonds is 6. The summed E-state index contributed by atoms with van der Waals surface area (Å²) in [6, 6.07) is 25.9. The third-order valence-corrected chi connectivity index (χ3v) is 4.55. The summed E-state index contributed by atoms with van der Waals surface area (Å²) in [7, 11) is 0. The predicted molar refractivity (Wildman–Crippen MR) is 108 cm³/mol. The lowest BCUT2D eigenvalue weighted by Crippen LogP contribution is -2.03. The van der Waals surface area contributed by atoms with E-state index in [1.54, 1.807) is 30.3 Å². The van der Waals surface area contributed by atoms with Crippen molar-refractivity contribution >= 4 is 33.1 Å². The van der Waals surface area contributed by atoms with E-state index in [0.717, 1.165) is 10.0 Å². The van der Waals surface area contributed by atoms with Gasteiger partial charge in [-0.15, -0.1) is 0 Å². The molecule has 0 aliphatic heterocycles. The number of carbonyl (C=O) groups is 2. The molecule has 3 rings (SSSR count). The average Bonchev–Trinajstić information content (AvgIpc) is 2.69. The normalized spacial score (nSPS) is 11.2. The highest BCUT2D eigenvalue weighted by Gasteiger charge is 2.13. The van der Waals surface area contributed by atoms with Gasteiger partial charge in [0.15, 0.2) is 11.6 Å². The van der Waals surface area contributed by atoms with Crippen molar-refractivity contribution in [3.05, 3.63) is 112 Å². The molecule has 0 aliphatic carbocycles. The van der Waals surface area contributed by atoms with Crippen molar-refractivity contribution in [1.29, 1.82) is 0 Å². The predicted octanol–water partition coefficient (Wildman–Crippen LogP) is 5.99. The first-order chi connectivity index (χ1) is 12.6. The number of hydrogen-bond acceptors (Lipinski definition) is 2. The molecule has 26 heavy (non-hydrogen) atoms. The van der Waals surface area contributed by atoms with Crippen LogP contribution in [0.2, 0.25) is 0 Å². The van der Waals surface area contributed by atoms with Crippen LogP contribution in [-0.2, 0) is 0 Å². The first kappa shape index (κ1) is 18.0. The third kappa shape index (κ3) is 4.64. The van der Waals surface area contributed by atoms with E-state index in [2.05, 4.69) is 15.9 Å². The monoisotopic (exact) mass is 404 g/mol.